The Morgan fingerprint density at radius 2 is 2.10 bits per heavy atom. The molecule has 1 aliphatic heterocycles. The van der Waals surface area contributed by atoms with Crippen molar-refractivity contribution >= 4 is 5.97 Å². The molecule has 1 aromatic rings. The summed E-state index contributed by atoms with van der Waals surface area (Å²) in [6, 6.07) is 11.3. The normalized spacial score (nSPS) is 21.0. The molecular weight excluding hydrogens is 262 g/mol. The van der Waals surface area contributed by atoms with E-state index < -0.39 is 0 Å². The molecule has 0 unspecified atom stereocenters. The lowest BCUT2D eigenvalue weighted by atomic mass is 9.94. The van der Waals surface area contributed by atoms with Gasteiger partial charge in [0.15, 0.2) is 0 Å². The van der Waals surface area contributed by atoms with Gasteiger partial charge in [-0.05, 0) is 31.4 Å². The number of hydrogen-bond donors (Lipinski definition) is 0. The third kappa shape index (κ3) is 4.57. The van der Waals surface area contributed by atoms with E-state index in [1.165, 1.54) is 44.6 Å². The van der Waals surface area contributed by atoms with E-state index in [0.29, 0.717) is 12.6 Å². The maximum absolute atomic E-state index is 11.2. The Labute approximate surface area is 128 Å². The van der Waals surface area contributed by atoms with Gasteiger partial charge in [-0.2, -0.15) is 0 Å². The zero-order chi connectivity index (χ0) is 15.1. The molecule has 1 aliphatic rings. The number of nitrogens with zero attached hydrogens (tertiary/aromatic N) is 1. The molecule has 0 radical (unpaired) electrons. The number of carbonyl (C=O) groups excluding carboxylic acids is 1. The molecule has 0 aromatic heterocycles. The molecule has 1 fully saturated rings. The van der Waals surface area contributed by atoms with Crippen molar-refractivity contribution in [2.24, 2.45) is 0 Å². The average molecular weight is 289 g/mol. The molecule has 116 valence electrons. The van der Waals surface area contributed by atoms with Gasteiger partial charge in [-0.15, -0.1) is 0 Å². The van der Waals surface area contributed by atoms with Gasteiger partial charge >= 0.3 is 5.97 Å². The molecule has 0 saturated carbocycles. The summed E-state index contributed by atoms with van der Waals surface area (Å²) >= 11 is 0. The fraction of sp³-hybridized carbons (Fsp3) is 0.611. The summed E-state index contributed by atoms with van der Waals surface area (Å²) in [7, 11) is 0. The predicted octanol–water partition coefficient (Wildman–Crippen LogP) is 3.95. The third-order valence-electron chi connectivity index (χ3n) is 4.32. The van der Waals surface area contributed by atoms with Crippen LogP contribution in [-0.2, 0) is 9.53 Å². The van der Waals surface area contributed by atoms with Crippen LogP contribution in [0.1, 0.15) is 57.6 Å². The quantitative estimate of drug-likeness (QED) is 0.743. The number of carbonyl (C=O) groups is 1. The van der Waals surface area contributed by atoms with E-state index in [0.717, 1.165) is 6.54 Å². The van der Waals surface area contributed by atoms with Crippen LogP contribution in [0.25, 0.3) is 0 Å². The zero-order valence-corrected chi connectivity index (χ0v) is 13.3. The number of rotatable bonds is 6. The number of likely N-dealkylation sites (tertiary alicyclic amines) is 1. The van der Waals surface area contributed by atoms with Gasteiger partial charge in [-0.1, -0.05) is 50.1 Å². The monoisotopic (exact) mass is 289 g/mol. The van der Waals surface area contributed by atoms with Crippen molar-refractivity contribution in [1.82, 2.24) is 4.90 Å². The van der Waals surface area contributed by atoms with Gasteiger partial charge in [0.1, 0.15) is 6.61 Å². The molecule has 21 heavy (non-hydrogen) atoms. The van der Waals surface area contributed by atoms with Crippen LogP contribution in [0, 0.1) is 0 Å². The van der Waals surface area contributed by atoms with Crippen LogP contribution in [0.2, 0.25) is 0 Å². The van der Waals surface area contributed by atoms with Gasteiger partial charge in [-0.3, -0.25) is 9.69 Å². The smallest absolute Gasteiger partial charge is 0.302 e. The Bertz CT molecular complexity index is 430. The highest BCUT2D eigenvalue weighted by Crippen LogP contribution is 2.31. The van der Waals surface area contributed by atoms with Gasteiger partial charge in [0, 0.05) is 13.0 Å². The second-order valence-electron chi connectivity index (χ2n) is 5.91. The molecular formula is C18H27NO2. The molecule has 1 heterocycles. The first-order valence-corrected chi connectivity index (χ1v) is 8.16. The van der Waals surface area contributed by atoms with Crippen molar-refractivity contribution in [3.8, 4) is 0 Å². The van der Waals surface area contributed by atoms with E-state index in [4.69, 9.17) is 4.74 Å². The summed E-state index contributed by atoms with van der Waals surface area (Å²) in [6.07, 6.45) is 6.25. The first-order valence-electron chi connectivity index (χ1n) is 8.16. The van der Waals surface area contributed by atoms with Gasteiger partial charge in [0.25, 0.3) is 0 Å². The third-order valence-corrected chi connectivity index (χ3v) is 4.32. The molecule has 0 amide bonds. The summed E-state index contributed by atoms with van der Waals surface area (Å²) < 4.78 is 5.36. The van der Waals surface area contributed by atoms with E-state index >= 15 is 0 Å². The lowest BCUT2D eigenvalue weighted by Crippen LogP contribution is -2.43. The van der Waals surface area contributed by atoms with E-state index in [2.05, 4.69) is 36.1 Å². The zero-order valence-electron chi connectivity index (χ0n) is 13.3. The number of ether oxygens (including phenoxy) is 1. The molecule has 0 spiro atoms. The average Bonchev–Trinajstić information content (AvgIpc) is 2.50. The minimum atomic E-state index is -0.194. The van der Waals surface area contributed by atoms with Crippen molar-refractivity contribution in [3.05, 3.63) is 35.9 Å². The standard InChI is InChI=1S/C18H27NO2/c1-3-9-17-12-7-8-13-19(17)18(14-21-15(2)20)16-10-5-4-6-11-16/h4-6,10-11,17-18H,3,7-9,12-14H2,1-2H3/t17-,18+/m1/s1. The van der Waals surface area contributed by atoms with Crippen LogP contribution in [0.3, 0.4) is 0 Å². The molecule has 0 N–H and O–H groups in total. The Balaban J connectivity index is 2.18. The lowest BCUT2D eigenvalue weighted by molar-refractivity contribution is -0.143. The van der Waals surface area contributed by atoms with Gasteiger partial charge in [0.2, 0.25) is 0 Å². The first kappa shape index (κ1) is 16.0. The minimum absolute atomic E-state index is 0.187. The summed E-state index contributed by atoms with van der Waals surface area (Å²) in [5.41, 5.74) is 1.25. The fourth-order valence-corrected chi connectivity index (χ4v) is 3.33. The fourth-order valence-electron chi connectivity index (χ4n) is 3.33. The van der Waals surface area contributed by atoms with E-state index in [9.17, 15) is 4.79 Å². The highest BCUT2D eigenvalue weighted by molar-refractivity contribution is 5.65. The Kier molecular flexibility index (Phi) is 6.24. The van der Waals surface area contributed by atoms with Crippen molar-refractivity contribution in [3.63, 3.8) is 0 Å². The Hall–Kier alpha value is -1.35. The van der Waals surface area contributed by atoms with Crippen LogP contribution < -0.4 is 0 Å². The van der Waals surface area contributed by atoms with E-state index in [1.807, 2.05) is 6.07 Å². The number of esters is 1. The SMILES string of the molecule is CCC[C@@H]1CCCCN1[C@@H](COC(C)=O)c1ccccc1. The maximum atomic E-state index is 11.2. The highest BCUT2D eigenvalue weighted by Gasteiger charge is 2.29. The molecule has 3 nitrogen and oxygen atoms in total. The summed E-state index contributed by atoms with van der Waals surface area (Å²) in [5.74, 6) is -0.194. The molecule has 0 aliphatic carbocycles. The van der Waals surface area contributed by atoms with Crippen molar-refractivity contribution < 1.29 is 9.53 Å². The number of piperidine rings is 1. The van der Waals surface area contributed by atoms with Crippen LogP contribution in [0.4, 0.5) is 0 Å². The highest BCUT2D eigenvalue weighted by atomic mass is 16.5. The number of hydrogen-bond acceptors (Lipinski definition) is 3. The molecule has 1 saturated heterocycles. The first-order chi connectivity index (χ1) is 10.2. The molecule has 1 aromatic carbocycles. The molecule has 0 bridgehead atoms. The van der Waals surface area contributed by atoms with Crippen LogP contribution in [0.15, 0.2) is 30.3 Å². The maximum Gasteiger partial charge on any atom is 0.302 e. The van der Waals surface area contributed by atoms with E-state index in [1.54, 1.807) is 0 Å². The van der Waals surface area contributed by atoms with Crippen molar-refractivity contribution in [2.45, 2.75) is 58.0 Å². The van der Waals surface area contributed by atoms with Crippen molar-refractivity contribution in [2.75, 3.05) is 13.2 Å². The molecule has 2 rings (SSSR count). The number of benzene rings is 1. The van der Waals surface area contributed by atoms with Gasteiger partial charge < -0.3 is 4.74 Å². The summed E-state index contributed by atoms with van der Waals surface area (Å²) in [4.78, 5) is 13.8. The molecule has 3 heteroatoms. The summed E-state index contributed by atoms with van der Waals surface area (Å²) in [6.45, 7) is 5.29. The predicted molar refractivity (Wildman–Crippen MR) is 85.1 cm³/mol. The van der Waals surface area contributed by atoms with Crippen LogP contribution >= 0.6 is 0 Å². The molecule has 2 atom stereocenters. The Morgan fingerprint density at radius 3 is 2.76 bits per heavy atom. The van der Waals surface area contributed by atoms with Crippen LogP contribution in [-0.4, -0.2) is 30.1 Å². The van der Waals surface area contributed by atoms with Gasteiger partial charge in [-0.25, -0.2) is 0 Å². The van der Waals surface area contributed by atoms with Crippen molar-refractivity contribution in [1.29, 1.82) is 0 Å². The summed E-state index contributed by atoms with van der Waals surface area (Å²) in [5, 5.41) is 0. The lowest BCUT2D eigenvalue weighted by Gasteiger charge is -2.41. The minimum Gasteiger partial charge on any atom is -0.464 e. The second kappa shape index (κ2) is 8.18. The topological polar surface area (TPSA) is 29.5 Å². The van der Waals surface area contributed by atoms with E-state index in [-0.39, 0.29) is 12.0 Å². The van der Waals surface area contributed by atoms with Crippen LogP contribution in [0.5, 0.6) is 0 Å². The Morgan fingerprint density at radius 1 is 1.33 bits per heavy atom. The van der Waals surface area contributed by atoms with Gasteiger partial charge in [0.05, 0.1) is 6.04 Å². The largest absolute Gasteiger partial charge is 0.464 e. The second-order valence-corrected chi connectivity index (χ2v) is 5.91.